The molecule has 2 aromatic rings. The number of carbonyl (C=O) groups excluding carboxylic acids is 2. The van der Waals surface area contributed by atoms with E-state index in [-0.39, 0.29) is 18.6 Å². The van der Waals surface area contributed by atoms with Gasteiger partial charge in [-0.1, -0.05) is 31.2 Å². The lowest BCUT2D eigenvalue weighted by atomic mass is 10.1. The SMILES string of the molecule is CCc1ccc([C@@H](C)NC(=O)COC(=O)c2ccc(C#N)cc2)cc1. The monoisotopic (exact) mass is 336 g/mol. The summed E-state index contributed by atoms with van der Waals surface area (Å²) in [6.45, 7) is 3.61. The van der Waals surface area contributed by atoms with E-state index in [2.05, 4.69) is 12.2 Å². The second-order valence-corrected chi connectivity index (χ2v) is 5.65. The number of carbonyl (C=O) groups is 2. The van der Waals surface area contributed by atoms with Crippen LogP contribution in [0.3, 0.4) is 0 Å². The molecule has 0 spiro atoms. The summed E-state index contributed by atoms with van der Waals surface area (Å²) in [4.78, 5) is 23.8. The number of hydrogen-bond donors (Lipinski definition) is 1. The van der Waals surface area contributed by atoms with Gasteiger partial charge in [-0.05, 0) is 48.7 Å². The van der Waals surface area contributed by atoms with Gasteiger partial charge in [0.05, 0.1) is 23.2 Å². The van der Waals surface area contributed by atoms with Crippen LogP contribution in [0.15, 0.2) is 48.5 Å². The van der Waals surface area contributed by atoms with Crippen molar-refractivity contribution in [3.8, 4) is 6.07 Å². The zero-order chi connectivity index (χ0) is 18.2. The molecule has 1 atom stereocenters. The minimum Gasteiger partial charge on any atom is -0.452 e. The number of nitrogens with zero attached hydrogens (tertiary/aromatic N) is 1. The van der Waals surface area contributed by atoms with Crippen LogP contribution in [0.1, 0.15) is 46.9 Å². The number of nitrogens with one attached hydrogen (secondary N) is 1. The largest absolute Gasteiger partial charge is 0.452 e. The van der Waals surface area contributed by atoms with E-state index in [9.17, 15) is 9.59 Å². The minimum absolute atomic E-state index is 0.174. The summed E-state index contributed by atoms with van der Waals surface area (Å²) in [6.07, 6.45) is 0.965. The van der Waals surface area contributed by atoms with Gasteiger partial charge in [0.25, 0.3) is 5.91 Å². The highest BCUT2D eigenvalue weighted by atomic mass is 16.5. The molecule has 5 heteroatoms. The van der Waals surface area contributed by atoms with Gasteiger partial charge in [-0.2, -0.15) is 5.26 Å². The quantitative estimate of drug-likeness (QED) is 0.822. The van der Waals surface area contributed by atoms with Gasteiger partial charge in [-0.3, -0.25) is 4.79 Å². The van der Waals surface area contributed by atoms with Crippen molar-refractivity contribution < 1.29 is 14.3 Å². The third-order valence-electron chi connectivity index (χ3n) is 3.85. The topological polar surface area (TPSA) is 79.2 Å². The molecule has 0 aromatic heterocycles. The van der Waals surface area contributed by atoms with E-state index < -0.39 is 5.97 Å². The fraction of sp³-hybridized carbons (Fsp3) is 0.250. The van der Waals surface area contributed by atoms with Crippen LogP contribution < -0.4 is 5.32 Å². The normalized spacial score (nSPS) is 11.2. The summed E-state index contributed by atoms with van der Waals surface area (Å²) in [5, 5.41) is 11.5. The maximum absolute atomic E-state index is 12.0. The Labute approximate surface area is 147 Å². The number of amides is 1. The molecular formula is C20H20N2O3. The third kappa shape index (κ3) is 5.18. The van der Waals surface area contributed by atoms with Crippen molar-refractivity contribution in [2.24, 2.45) is 0 Å². The molecule has 1 N–H and O–H groups in total. The Morgan fingerprint density at radius 1 is 1.12 bits per heavy atom. The van der Waals surface area contributed by atoms with Crippen molar-refractivity contribution in [2.75, 3.05) is 6.61 Å². The van der Waals surface area contributed by atoms with Crippen molar-refractivity contribution >= 4 is 11.9 Å². The molecule has 0 aliphatic heterocycles. The van der Waals surface area contributed by atoms with Crippen LogP contribution in [-0.4, -0.2) is 18.5 Å². The van der Waals surface area contributed by atoms with Gasteiger partial charge >= 0.3 is 5.97 Å². The number of hydrogen-bond acceptors (Lipinski definition) is 4. The molecule has 0 aliphatic rings. The minimum atomic E-state index is -0.598. The van der Waals surface area contributed by atoms with Gasteiger partial charge in [0.2, 0.25) is 0 Å². The van der Waals surface area contributed by atoms with Crippen LogP contribution >= 0.6 is 0 Å². The van der Waals surface area contributed by atoms with E-state index in [4.69, 9.17) is 10.00 Å². The molecule has 2 aromatic carbocycles. The number of rotatable bonds is 6. The molecule has 0 unspecified atom stereocenters. The molecule has 25 heavy (non-hydrogen) atoms. The van der Waals surface area contributed by atoms with Gasteiger partial charge in [0.15, 0.2) is 6.61 Å². The first kappa shape index (κ1) is 18.2. The number of aryl methyl sites for hydroxylation is 1. The molecule has 0 saturated heterocycles. The van der Waals surface area contributed by atoms with E-state index in [1.807, 2.05) is 37.3 Å². The Kier molecular flexibility index (Phi) is 6.30. The van der Waals surface area contributed by atoms with Crippen LogP contribution in [0.4, 0.5) is 0 Å². The molecule has 1 amide bonds. The average Bonchev–Trinajstić information content (AvgIpc) is 2.66. The summed E-state index contributed by atoms with van der Waals surface area (Å²) in [7, 11) is 0. The molecule has 2 rings (SSSR count). The van der Waals surface area contributed by atoms with E-state index in [0.717, 1.165) is 12.0 Å². The molecular weight excluding hydrogens is 316 g/mol. The van der Waals surface area contributed by atoms with Crippen molar-refractivity contribution in [2.45, 2.75) is 26.3 Å². The summed E-state index contributed by atoms with van der Waals surface area (Å²) >= 11 is 0. The number of benzene rings is 2. The highest BCUT2D eigenvalue weighted by Crippen LogP contribution is 2.13. The molecule has 0 aliphatic carbocycles. The fourth-order valence-corrected chi connectivity index (χ4v) is 2.30. The zero-order valence-electron chi connectivity index (χ0n) is 14.3. The standard InChI is InChI=1S/C20H20N2O3/c1-3-15-4-8-17(9-5-15)14(2)22-19(23)13-25-20(24)18-10-6-16(12-21)7-11-18/h4-11,14H,3,13H2,1-2H3,(H,22,23)/t14-/m1/s1. The first-order valence-corrected chi connectivity index (χ1v) is 8.09. The number of esters is 1. The Balaban J connectivity index is 1.84. The molecule has 0 saturated carbocycles. The second kappa shape index (κ2) is 8.65. The van der Waals surface area contributed by atoms with Gasteiger partial charge < -0.3 is 10.1 Å². The Hall–Kier alpha value is -3.13. The lowest BCUT2D eigenvalue weighted by Crippen LogP contribution is -2.31. The summed E-state index contributed by atoms with van der Waals surface area (Å²) in [5.41, 5.74) is 2.98. The lowest BCUT2D eigenvalue weighted by molar-refractivity contribution is -0.124. The van der Waals surface area contributed by atoms with Crippen molar-refractivity contribution in [1.82, 2.24) is 5.32 Å². The molecule has 0 bridgehead atoms. The van der Waals surface area contributed by atoms with E-state index in [1.54, 1.807) is 0 Å². The second-order valence-electron chi connectivity index (χ2n) is 5.65. The lowest BCUT2D eigenvalue weighted by Gasteiger charge is -2.15. The van der Waals surface area contributed by atoms with Crippen LogP contribution in [0, 0.1) is 11.3 Å². The van der Waals surface area contributed by atoms with Crippen molar-refractivity contribution in [1.29, 1.82) is 5.26 Å². The first-order valence-electron chi connectivity index (χ1n) is 8.09. The fourth-order valence-electron chi connectivity index (χ4n) is 2.30. The molecule has 128 valence electrons. The Morgan fingerprint density at radius 3 is 2.32 bits per heavy atom. The predicted octanol–water partition coefficient (Wildman–Crippen LogP) is 3.15. The van der Waals surface area contributed by atoms with Gasteiger partial charge in [-0.25, -0.2) is 4.79 Å². The highest BCUT2D eigenvalue weighted by Gasteiger charge is 2.13. The van der Waals surface area contributed by atoms with E-state index >= 15 is 0 Å². The first-order chi connectivity index (χ1) is 12.0. The summed E-state index contributed by atoms with van der Waals surface area (Å²) in [5.74, 6) is -0.964. The predicted molar refractivity (Wildman–Crippen MR) is 93.8 cm³/mol. The van der Waals surface area contributed by atoms with Crippen LogP contribution in [0.2, 0.25) is 0 Å². The molecule has 0 radical (unpaired) electrons. The van der Waals surface area contributed by atoms with E-state index in [1.165, 1.54) is 29.8 Å². The van der Waals surface area contributed by atoms with Crippen LogP contribution in [0.5, 0.6) is 0 Å². The third-order valence-corrected chi connectivity index (χ3v) is 3.85. The van der Waals surface area contributed by atoms with Gasteiger partial charge in [0, 0.05) is 0 Å². The van der Waals surface area contributed by atoms with Crippen molar-refractivity contribution in [3.63, 3.8) is 0 Å². The smallest absolute Gasteiger partial charge is 0.338 e. The maximum atomic E-state index is 12.0. The summed E-state index contributed by atoms with van der Waals surface area (Å²) in [6, 6.07) is 15.9. The van der Waals surface area contributed by atoms with E-state index in [0.29, 0.717) is 11.1 Å². The molecule has 5 nitrogen and oxygen atoms in total. The van der Waals surface area contributed by atoms with Gasteiger partial charge in [-0.15, -0.1) is 0 Å². The van der Waals surface area contributed by atoms with Crippen molar-refractivity contribution in [3.05, 3.63) is 70.8 Å². The number of ether oxygens (including phenoxy) is 1. The molecule has 0 fully saturated rings. The summed E-state index contributed by atoms with van der Waals surface area (Å²) < 4.78 is 5.00. The molecule has 0 heterocycles. The number of nitriles is 1. The Bertz CT molecular complexity index is 774. The maximum Gasteiger partial charge on any atom is 0.338 e. The van der Waals surface area contributed by atoms with Crippen LogP contribution in [0.25, 0.3) is 0 Å². The zero-order valence-corrected chi connectivity index (χ0v) is 14.3. The van der Waals surface area contributed by atoms with Crippen LogP contribution in [-0.2, 0) is 16.0 Å². The Morgan fingerprint density at radius 2 is 1.76 bits per heavy atom. The van der Waals surface area contributed by atoms with Gasteiger partial charge in [0.1, 0.15) is 0 Å². The highest BCUT2D eigenvalue weighted by molar-refractivity contribution is 5.91. The average molecular weight is 336 g/mol.